The zero-order valence-corrected chi connectivity index (χ0v) is 12.8. The standard InChI is InChI=1S/C16H24O2S/c1-3-17-16(18-4-2)10-11-19-15-9-8-13-6-5-7-14(13)12-15/h8-9,12,16H,3-7,10-11H2,1-2H3. The molecule has 1 aliphatic rings. The number of hydrogen-bond acceptors (Lipinski definition) is 3. The van der Waals surface area contributed by atoms with Gasteiger partial charge < -0.3 is 9.47 Å². The topological polar surface area (TPSA) is 18.5 Å². The lowest BCUT2D eigenvalue weighted by molar-refractivity contribution is -0.136. The van der Waals surface area contributed by atoms with Crippen LogP contribution in [0.1, 0.15) is 37.8 Å². The summed E-state index contributed by atoms with van der Waals surface area (Å²) >= 11 is 1.91. The second kappa shape index (κ2) is 7.93. The number of rotatable bonds is 8. The largest absolute Gasteiger partial charge is 0.353 e. The van der Waals surface area contributed by atoms with Gasteiger partial charge in [0.05, 0.1) is 0 Å². The van der Waals surface area contributed by atoms with Crippen LogP contribution in [0.3, 0.4) is 0 Å². The summed E-state index contributed by atoms with van der Waals surface area (Å²) in [6.07, 6.45) is 4.74. The van der Waals surface area contributed by atoms with Gasteiger partial charge in [-0.2, -0.15) is 0 Å². The monoisotopic (exact) mass is 280 g/mol. The minimum Gasteiger partial charge on any atom is -0.353 e. The summed E-state index contributed by atoms with van der Waals surface area (Å²) in [5.41, 5.74) is 3.10. The third-order valence-corrected chi connectivity index (χ3v) is 4.42. The van der Waals surface area contributed by atoms with Crippen molar-refractivity contribution in [3.8, 4) is 0 Å². The Hall–Kier alpha value is -0.510. The zero-order valence-electron chi connectivity index (χ0n) is 12.0. The highest BCUT2D eigenvalue weighted by molar-refractivity contribution is 7.99. The lowest BCUT2D eigenvalue weighted by atomic mass is 10.1. The smallest absolute Gasteiger partial charge is 0.158 e. The number of aryl methyl sites for hydroxylation is 2. The Morgan fingerprint density at radius 1 is 1.11 bits per heavy atom. The van der Waals surface area contributed by atoms with E-state index in [0.717, 1.165) is 12.2 Å². The Bertz CT molecular complexity index is 386. The van der Waals surface area contributed by atoms with Crippen LogP contribution < -0.4 is 0 Å². The number of hydrogen-bond donors (Lipinski definition) is 0. The third-order valence-electron chi connectivity index (χ3n) is 3.40. The fraction of sp³-hybridized carbons (Fsp3) is 0.625. The Morgan fingerprint density at radius 2 is 1.84 bits per heavy atom. The molecule has 1 aromatic rings. The van der Waals surface area contributed by atoms with Crippen LogP contribution in [0.4, 0.5) is 0 Å². The van der Waals surface area contributed by atoms with E-state index in [0.29, 0.717) is 13.2 Å². The van der Waals surface area contributed by atoms with Crippen molar-refractivity contribution >= 4 is 11.8 Å². The second-order valence-corrected chi connectivity index (χ2v) is 5.93. The van der Waals surface area contributed by atoms with E-state index in [-0.39, 0.29) is 6.29 Å². The van der Waals surface area contributed by atoms with E-state index in [4.69, 9.17) is 9.47 Å². The molecule has 0 atom stereocenters. The molecule has 0 aromatic heterocycles. The molecular weight excluding hydrogens is 256 g/mol. The summed E-state index contributed by atoms with van der Waals surface area (Å²) in [5.74, 6) is 1.05. The molecular formula is C16H24O2S. The molecule has 0 radical (unpaired) electrons. The van der Waals surface area contributed by atoms with E-state index in [1.54, 1.807) is 11.1 Å². The minimum absolute atomic E-state index is 0.0445. The molecule has 0 fully saturated rings. The van der Waals surface area contributed by atoms with Crippen LogP contribution in [-0.4, -0.2) is 25.3 Å². The van der Waals surface area contributed by atoms with Crippen molar-refractivity contribution in [1.82, 2.24) is 0 Å². The van der Waals surface area contributed by atoms with Crippen molar-refractivity contribution in [3.05, 3.63) is 29.3 Å². The van der Waals surface area contributed by atoms with E-state index in [1.165, 1.54) is 24.2 Å². The van der Waals surface area contributed by atoms with E-state index < -0.39 is 0 Å². The van der Waals surface area contributed by atoms with Crippen LogP contribution in [0.5, 0.6) is 0 Å². The van der Waals surface area contributed by atoms with Crippen LogP contribution in [0.2, 0.25) is 0 Å². The highest BCUT2D eigenvalue weighted by atomic mass is 32.2. The summed E-state index contributed by atoms with van der Waals surface area (Å²) in [7, 11) is 0. The van der Waals surface area contributed by atoms with Gasteiger partial charge in [-0.3, -0.25) is 0 Å². The number of fused-ring (bicyclic) bond motifs is 1. The van der Waals surface area contributed by atoms with Crippen molar-refractivity contribution in [2.75, 3.05) is 19.0 Å². The lowest BCUT2D eigenvalue weighted by Crippen LogP contribution is -2.18. The normalized spacial score (nSPS) is 14.1. The Labute approximate surface area is 120 Å². The Kier molecular flexibility index (Phi) is 6.21. The maximum atomic E-state index is 5.56. The molecule has 0 amide bonds. The average Bonchev–Trinajstić information content (AvgIpc) is 2.86. The molecule has 0 aliphatic heterocycles. The first-order chi connectivity index (χ1) is 9.33. The summed E-state index contributed by atoms with van der Waals surface area (Å²) in [6, 6.07) is 6.92. The summed E-state index contributed by atoms with van der Waals surface area (Å²) in [5, 5.41) is 0. The lowest BCUT2D eigenvalue weighted by Gasteiger charge is -2.16. The Balaban J connectivity index is 1.78. The van der Waals surface area contributed by atoms with Crippen LogP contribution in [0.15, 0.2) is 23.1 Å². The van der Waals surface area contributed by atoms with Crippen LogP contribution in [0, 0.1) is 0 Å². The minimum atomic E-state index is -0.0445. The fourth-order valence-electron chi connectivity index (χ4n) is 2.50. The van der Waals surface area contributed by atoms with E-state index in [9.17, 15) is 0 Å². The first kappa shape index (κ1) is 14.9. The SMILES string of the molecule is CCOC(CCSc1ccc2c(c1)CCC2)OCC. The summed E-state index contributed by atoms with van der Waals surface area (Å²) in [6.45, 7) is 5.46. The second-order valence-electron chi connectivity index (χ2n) is 4.76. The van der Waals surface area contributed by atoms with Gasteiger partial charge in [0.25, 0.3) is 0 Å². The predicted octanol–water partition coefficient (Wildman–Crippen LogP) is 4.06. The maximum Gasteiger partial charge on any atom is 0.158 e. The average molecular weight is 280 g/mol. The van der Waals surface area contributed by atoms with Crippen molar-refractivity contribution in [2.45, 2.75) is 50.7 Å². The summed E-state index contributed by atoms with van der Waals surface area (Å²) < 4.78 is 11.1. The van der Waals surface area contributed by atoms with Gasteiger partial charge in [0.1, 0.15) is 0 Å². The zero-order chi connectivity index (χ0) is 13.5. The van der Waals surface area contributed by atoms with Gasteiger partial charge >= 0.3 is 0 Å². The van der Waals surface area contributed by atoms with E-state index >= 15 is 0 Å². The molecule has 3 heteroatoms. The van der Waals surface area contributed by atoms with Gasteiger partial charge in [0, 0.05) is 30.3 Å². The van der Waals surface area contributed by atoms with Gasteiger partial charge in [0.15, 0.2) is 6.29 Å². The number of thioether (sulfide) groups is 1. The highest BCUT2D eigenvalue weighted by Gasteiger charge is 2.12. The van der Waals surface area contributed by atoms with Crippen LogP contribution >= 0.6 is 11.8 Å². The molecule has 0 saturated carbocycles. The number of ether oxygens (including phenoxy) is 2. The van der Waals surface area contributed by atoms with Crippen molar-refractivity contribution in [3.63, 3.8) is 0 Å². The number of benzene rings is 1. The maximum absolute atomic E-state index is 5.56. The van der Waals surface area contributed by atoms with Crippen molar-refractivity contribution in [2.24, 2.45) is 0 Å². The van der Waals surface area contributed by atoms with Gasteiger partial charge in [-0.1, -0.05) is 6.07 Å². The third kappa shape index (κ3) is 4.51. The molecule has 106 valence electrons. The van der Waals surface area contributed by atoms with Gasteiger partial charge in [0.2, 0.25) is 0 Å². The van der Waals surface area contributed by atoms with Crippen LogP contribution in [0.25, 0.3) is 0 Å². The molecule has 0 heterocycles. The van der Waals surface area contributed by atoms with Gasteiger partial charge in [-0.25, -0.2) is 0 Å². The molecule has 0 bridgehead atoms. The fourth-order valence-corrected chi connectivity index (χ4v) is 3.43. The Morgan fingerprint density at radius 3 is 2.58 bits per heavy atom. The molecule has 1 aliphatic carbocycles. The molecule has 0 spiro atoms. The molecule has 2 nitrogen and oxygen atoms in total. The van der Waals surface area contributed by atoms with E-state index in [1.807, 2.05) is 25.6 Å². The van der Waals surface area contributed by atoms with Gasteiger partial charge in [-0.15, -0.1) is 11.8 Å². The molecule has 0 saturated heterocycles. The first-order valence-electron chi connectivity index (χ1n) is 7.31. The first-order valence-corrected chi connectivity index (χ1v) is 8.29. The van der Waals surface area contributed by atoms with Crippen molar-refractivity contribution < 1.29 is 9.47 Å². The molecule has 2 rings (SSSR count). The van der Waals surface area contributed by atoms with Gasteiger partial charge in [-0.05, 0) is 56.4 Å². The van der Waals surface area contributed by atoms with E-state index in [2.05, 4.69) is 18.2 Å². The highest BCUT2D eigenvalue weighted by Crippen LogP contribution is 2.28. The molecule has 0 unspecified atom stereocenters. The van der Waals surface area contributed by atoms with Crippen molar-refractivity contribution in [1.29, 1.82) is 0 Å². The molecule has 1 aromatic carbocycles. The quantitative estimate of drug-likeness (QED) is 0.528. The molecule has 19 heavy (non-hydrogen) atoms. The molecule has 0 N–H and O–H groups in total. The van der Waals surface area contributed by atoms with Crippen LogP contribution in [-0.2, 0) is 22.3 Å². The predicted molar refractivity (Wildman–Crippen MR) is 80.8 cm³/mol. The summed E-state index contributed by atoms with van der Waals surface area (Å²) in [4.78, 5) is 1.38.